The molecule has 1 N–H and O–H groups in total. The van der Waals surface area contributed by atoms with Gasteiger partial charge in [-0.15, -0.1) is 11.3 Å². The van der Waals surface area contributed by atoms with Crippen LogP contribution in [0.15, 0.2) is 17.8 Å². The van der Waals surface area contributed by atoms with Gasteiger partial charge in [0.25, 0.3) is 0 Å². The summed E-state index contributed by atoms with van der Waals surface area (Å²) in [4.78, 5) is 8.67. The van der Waals surface area contributed by atoms with Gasteiger partial charge in [0.2, 0.25) is 0 Å². The Morgan fingerprint density at radius 1 is 1.38 bits per heavy atom. The van der Waals surface area contributed by atoms with Gasteiger partial charge >= 0.3 is 0 Å². The Balaban J connectivity index is 2.22. The van der Waals surface area contributed by atoms with Gasteiger partial charge in [-0.3, -0.25) is 0 Å². The molecule has 0 radical (unpaired) electrons. The van der Waals surface area contributed by atoms with E-state index in [1.54, 1.807) is 17.7 Å². The maximum Gasteiger partial charge on any atom is 0.116 e. The van der Waals surface area contributed by atoms with E-state index in [2.05, 4.69) is 40.6 Å². The molecule has 0 amide bonds. The first-order chi connectivity index (χ1) is 7.85. The molecular formula is C12H17N3S. The number of hydrogen-bond acceptors (Lipinski definition) is 4. The van der Waals surface area contributed by atoms with Crippen LogP contribution in [0.5, 0.6) is 0 Å². The topological polar surface area (TPSA) is 37.8 Å². The second-order valence-corrected chi connectivity index (χ2v) is 4.74. The number of nitrogens with zero attached hydrogens (tertiary/aromatic N) is 2. The lowest BCUT2D eigenvalue weighted by Crippen LogP contribution is -2.30. The van der Waals surface area contributed by atoms with Crippen LogP contribution in [0.25, 0.3) is 10.2 Å². The van der Waals surface area contributed by atoms with Crippen LogP contribution in [0, 0.1) is 0 Å². The summed E-state index contributed by atoms with van der Waals surface area (Å²) >= 11 is 1.73. The fourth-order valence-electron chi connectivity index (χ4n) is 1.87. The Labute approximate surface area is 99.9 Å². The van der Waals surface area contributed by atoms with Crippen molar-refractivity contribution >= 4 is 21.6 Å². The van der Waals surface area contributed by atoms with Crippen molar-refractivity contribution in [3.63, 3.8) is 0 Å². The highest BCUT2D eigenvalue weighted by molar-refractivity contribution is 7.17. The summed E-state index contributed by atoms with van der Waals surface area (Å²) in [5.41, 5.74) is 2.24. The molecule has 0 fully saturated rings. The number of rotatable bonds is 5. The normalized spacial score (nSPS) is 13.1. The molecule has 0 bridgehead atoms. The average molecular weight is 235 g/mol. The minimum absolute atomic E-state index is 0.519. The van der Waals surface area contributed by atoms with Crippen molar-refractivity contribution in [1.82, 2.24) is 15.3 Å². The van der Waals surface area contributed by atoms with E-state index in [1.807, 2.05) is 0 Å². The van der Waals surface area contributed by atoms with Crippen LogP contribution in [-0.4, -0.2) is 22.6 Å². The third-order valence-electron chi connectivity index (χ3n) is 2.74. The van der Waals surface area contributed by atoms with Crippen molar-refractivity contribution in [1.29, 1.82) is 0 Å². The molecule has 86 valence electrons. The van der Waals surface area contributed by atoms with Gasteiger partial charge in [0.1, 0.15) is 6.33 Å². The van der Waals surface area contributed by atoms with Crippen LogP contribution in [0.4, 0.5) is 0 Å². The summed E-state index contributed by atoms with van der Waals surface area (Å²) in [6, 6.07) is 2.57. The van der Waals surface area contributed by atoms with E-state index in [1.165, 1.54) is 10.4 Å². The van der Waals surface area contributed by atoms with Gasteiger partial charge in [-0.05, 0) is 24.4 Å². The molecule has 0 saturated heterocycles. The van der Waals surface area contributed by atoms with Gasteiger partial charge < -0.3 is 5.32 Å². The average Bonchev–Trinajstić information content (AvgIpc) is 2.77. The lowest BCUT2D eigenvalue weighted by molar-refractivity contribution is 0.507. The standard InChI is InChI=1S/C12H17N3S/c1-3-9(13-4-2)7-11-12-10(5-6-16-12)14-8-15-11/h5-6,8-9,13H,3-4,7H2,1-2H3. The fourth-order valence-corrected chi connectivity index (χ4v) is 2.71. The Morgan fingerprint density at radius 2 is 2.25 bits per heavy atom. The summed E-state index contributed by atoms with van der Waals surface area (Å²) in [5.74, 6) is 0. The van der Waals surface area contributed by atoms with Gasteiger partial charge in [0.05, 0.1) is 15.9 Å². The zero-order valence-corrected chi connectivity index (χ0v) is 10.5. The third kappa shape index (κ3) is 2.39. The summed E-state index contributed by atoms with van der Waals surface area (Å²) in [5, 5.41) is 5.56. The van der Waals surface area contributed by atoms with Crippen LogP contribution in [-0.2, 0) is 6.42 Å². The maximum atomic E-state index is 4.41. The van der Waals surface area contributed by atoms with Gasteiger partial charge in [0, 0.05) is 12.5 Å². The highest BCUT2D eigenvalue weighted by Gasteiger charge is 2.10. The quantitative estimate of drug-likeness (QED) is 0.865. The lowest BCUT2D eigenvalue weighted by Gasteiger charge is -2.15. The highest BCUT2D eigenvalue weighted by Crippen LogP contribution is 2.22. The van der Waals surface area contributed by atoms with E-state index >= 15 is 0 Å². The molecule has 16 heavy (non-hydrogen) atoms. The summed E-state index contributed by atoms with van der Waals surface area (Å²) in [7, 11) is 0. The molecule has 3 nitrogen and oxygen atoms in total. The molecule has 2 rings (SSSR count). The van der Waals surface area contributed by atoms with Crippen molar-refractivity contribution < 1.29 is 0 Å². The van der Waals surface area contributed by atoms with Crippen LogP contribution in [0.1, 0.15) is 26.0 Å². The van der Waals surface area contributed by atoms with Crippen molar-refractivity contribution in [2.75, 3.05) is 6.54 Å². The van der Waals surface area contributed by atoms with Gasteiger partial charge in [0.15, 0.2) is 0 Å². The number of aromatic nitrogens is 2. The molecule has 2 aromatic heterocycles. The molecule has 4 heteroatoms. The molecule has 0 aromatic carbocycles. The molecule has 0 aliphatic heterocycles. The van der Waals surface area contributed by atoms with Gasteiger partial charge in [-0.25, -0.2) is 9.97 Å². The first kappa shape index (κ1) is 11.5. The Morgan fingerprint density at radius 3 is 3.00 bits per heavy atom. The van der Waals surface area contributed by atoms with Crippen molar-refractivity contribution in [3.05, 3.63) is 23.5 Å². The number of likely N-dealkylation sites (N-methyl/N-ethyl adjacent to an activating group) is 1. The monoisotopic (exact) mass is 235 g/mol. The van der Waals surface area contributed by atoms with Crippen LogP contribution >= 0.6 is 11.3 Å². The first-order valence-electron chi connectivity index (χ1n) is 5.75. The first-order valence-corrected chi connectivity index (χ1v) is 6.63. The van der Waals surface area contributed by atoms with E-state index < -0.39 is 0 Å². The zero-order chi connectivity index (χ0) is 11.4. The maximum absolute atomic E-state index is 4.41. The molecule has 2 heterocycles. The van der Waals surface area contributed by atoms with E-state index in [0.29, 0.717) is 6.04 Å². The Kier molecular flexibility index (Phi) is 3.85. The second-order valence-electron chi connectivity index (χ2n) is 3.82. The number of hydrogen-bond donors (Lipinski definition) is 1. The smallest absolute Gasteiger partial charge is 0.116 e. The zero-order valence-electron chi connectivity index (χ0n) is 9.73. The minimum Gasteiger partial charge on any atom is -0.314 e. The molecular weight excluding hydrogens is 218 g/mol. The summed E-state index contributed by atoms with van der Waals surface area (Å²) in [6.07, 6.45) is 3.79. The Bertz CT molecular complexity index is 452. The predicted molar refractivity (Wildman–Crippen MR) is 68.9 cm³/mol. The number of nitrogens with one attached hydrogen (secondary N) is 1. The van der Waals surface area contributed by atoms with Crippen LogP contribution in [0.2, 0.25) is 0 Å². The number of thiophene rings is 1. The number of fused-ring (bicyclic) bond motifs is 1. The molecule has 1 atom stereocenters. The molecule has 0 aliphatic carbocycles. The Hall–Kier alpha value is -1.000. The molecule has 0 spiro atoms. The minimum atomic E-state index is 0.519. The molecule has 2 aromatic rings. The SMILES string of the molecule is CCNC(CC)Cc1ncnc2ccsc12. The largest absolute Gasteiger partial charge is 0.314 e. The molecule has 1 unspecified atom stereocenters. The predicted octanol–water partition coefficient (Wildman–Crippen LogP) is 2.62. The van der Waals surface area contributed by atoms with Crippen LogP contribution < -0.4 is 5.32 Å². The van der Waals surface area contributed by atoms with E-state index in [9.17, 15) is 0 Å². The van der Waals surface area contributed by atoms with Gasteiger partial charge in [-0.1, -0.05) is 13.8 Å². The summed E-state index contributed by atoms with van der Waals surface area (Å²) in [6.45, 7) is 5.36. The fraction of sp³-hybridized carbons (Fsp3) is 0.500. The van der Waals surface area contributed by atoms with Crippen molar-refractivity contribution in [2.45, 2.75) is 32.7 Å². The van der Waals surface area contributed by atoms with Crippen LogP contribution in [0.3, 0.4) is 0 Å². The van der Waals surface area contributed by atoms with E-state index in [-0.39, 0.29) is 0 Å². The third-order valence-corrected chi connectivity index (χ3v) is 3.69. The lowest BCUT2D eigenvalue weighted by atomic mass is 10.1. The van der Waals surface area contributed by atoms with Gasteiger partial charge in [-0.2, -0.15) is 0 Å². The van der Waals surface area contributed by atoms with Crippen molar-refractivity contribution in [2.24, 2.45) is 0 Å². The molecule has 0 saturated carbocycles. The second kappa shape index (κ2) is 5.37. The van der Waals surface area contributed by atoms with E-state index in [4.69, 9.17) is 0 Å². The molecule has 0 aliphatic rings. The highest BCUT2D eigenvalue weighted by atomic mass is 32.1. The van der Waals surface area contributed by atoms with Crippen molar-refractivity contribution in [3.8, 4) is 0 Å². The summed E-state index contributed by atoms with van der Waals surface area (Å²) < 4.78 is 1.24. The van der Waals surface area contributed by atoms with E-state index in [0.717, 1.165) is 24.9 Å².